The number of aryl methyl sites for hydroxylation is 1. The number of benzene rings is 2. The molecule has 1 heterocycles. The number of carbonyl (C=O) groups excluding carboxylic acids is 1. The molecule has 0 bridgehead atoms. The second kappa shape index (κ2) is 10.6. The van der Waals surface area contributed by atoms with Gasteiger partial charge >= 0.3 is 0 Å². The number of rotatable bonds is 9. The molecule has 0 atom stereocenters. The summed E-state index contributed by atoms with van der Waals surface area (Å²) in [4.78, 5) is 14.0. The van der Waals surface area contributed by atoms with Crippen LogP contribution >= 0.6 is 0 Å². The summed E-state index contributed by atoms with van der Waals surface area (Å²) in [6.07, 6.45) is 4.80. The second-order valence-electron chi connectivity index (χ2n) is 6.76. The van der Waals surface area contributed by atoms with Gasteiger partial charge in [-0.2, -0.15) is 5.26 Å². The van der Waals surface area contributed by atoms with E-state index < -0.39 is 0 Å². The van der Waals surface area contributed by atoms with E-state index in [4.69, 9.17) is 14.5 Å². The molecular weight excluding hydrogens is 378 g/mol. The molecule has 0 radical (unpaired) electrons. The molecule has 0 N–H and O–H groups in total. The summed E-state index contributed by atoms with van der Waals surface area (Å²) >= 11 is 0. The third-order valence-electron chi connectivity index (χ3n) is 4.52. The number of ether oxygens (including phenoxy) is 1. The van der Waals surface area contributed by atoms with Gasteiger partial charge in [-0.25, -0.2) is 0 Å². The smallest absolute Gasteiger partial charge is 0.246 e. The van der Waals surface area contributed by atoms with Crippen LogP contribution in [0.25, 0.3) is 17.3 Å². The van der Waals surface area contributed by atoms with E-state index >= 15 is 0 Å². The first-order valence-electron chi connectivity index (χ1n) is 9.70. The van der Waals surface area contributed by atoms with E-state index in [1.807, 2.05) is 54.6 Å². The van der Waals surface area contributed by atoms with Crippen LogP contribution in [-0.2, 0) is 11.2 Å². The topological polar surface area (TPSA) is 79.4 Å². The van der Waals surface area contributed by atoms with Crippen LogP contribution in [0.3, 0.4) is 0 Å². The molecule has 0 unspecified atom stereocenters. The van der Waals surface area contributed by atoms with Gasteiger partial charge in [0.1, 0.15) is 23.3 Å². The van der Waals surface area contributed by atoms with Gasteiger partial charge in [0.05, 0.1) is 0 Å². The highest BCUT2D eigenvalue weighted by atomic mass is 16.5. The van der Waals surface area contributed by atoms with E-state index in [1.165, 1.54) is 0 Å². The molecule has 0 fully saturated rings. The average molecular weight is 401 g/mol. The first-order chi connectivity index (χ1) is 14.7. The van der Waals surface area contributed by atoms with Gasteiger partial charge in [0.15, 0.2) is 6.61 Å². The summed E-state index contributed by atoms with van der Waals surface area (Å²) in [7, 11) is 1.78. The Morgan fingerprint density at radius 3 is 2.70 bits per heavy atom. The minimum Gasteiger partial charge on any atom is -0.479 e. The number of likely N-dealkylation sites (N-methyl/N-ethyl adjacent to an activating group) is 1. The standard InChI is InChI=1S/C24H23N3O3/c1-27(24(28)14-11-19-9-12-21(13-10-19)29-17-15-25)16-5-8-22-18-23(26-30-22)20-6-3-2-4-7-20/h2-4,6-7,9-14,18H,5,8,16-17H2,1H3/b14-11+. The van der Waals surface area contributed by atoms with Crippen LogP contribution < -0.4 is 4.74 Å². The molecule has 0 aliphatic heterocycles. The minimum atomic E-state index is -0.0673. The first kappa shape index (κ1) is 20.9. The summed E-state index contributed by atoms with van der Waals surface area (Å²) in [5.74, 6) is 1.37. The summed E-state index contributed by atoms with van der Waals surface area (Å²) in [6.45, 7) is 0.631. The van der Waals surface area contributed by atoms with Crippen molar-refractivity contribution < 1.29 is 14.1 Å². The Hall–Kier alpha value is -3.85. The van der Waals surface area contributed by atoms with Crippen molar-refractivity contribution in [3.05, 3.63) is 78.1 Å². The van der Waals surface area contributed by atoms with Crippen molar-refractivity contribution in [1.29, 1.82) is 5.26 Å². The molecule has 152 valence electrons. The molecule has 0 aliphatic rings. The van der Waals surface area contributed by atoms with E-state index in [0.29, 0.717) is 18.7 Å². The molecule has 1 amide bonds. The molecule has 30 heavy (non-hydrogen) atoms. The molecule has 0 saturated carbocycles. The van der Waals surface area contributed by atoms with Crippen LogP contribution in [0.15, 0.2) is 71.3 Å². The van der Waals surface area contributed by atoms with Gasteiger partial charge in [0.25, 0.3) is 0 Å². The van der Waals surface area contributed by atoms with Crippen molar-refractivity contribution in [2.24, 2.45) is 0 Å². The van der Waals surface area contributed by atoms with E-state index in [1.54, 1.807) is 36.2 Å². The Morgan fingerprint density at radius 2 is 1.97 bits per heavy atom. The summed E-state index contributed by atoms with van der Waals surface area (Å²) < 4.78 is 10.6. The number of hydrogen-bond acceptors (Lipinski definition) is 5. The number of nitriles is 1. The Morgan fingerprint density at radius 1 is 1.20 bits per heavy atom. The van der Waals surface area contributed by atoms with E-state index in [-0.39, 0.29) is 12.5 Å². The fourth-order valence-corrected chi connectivity index (χ4v) is 2.86. The third-order valence-corrected chi connectivity index (χ3v) is 4.52. The number of hydrogen-bond donors (Lipinski definition) is 0. The molecular formula is C24H23N3O3. The summed E-state index contributed by atoms with van der Waals surface area (Å²) in [5.41, 5.74) is 2.73. The molecule has 2 aromatic carbocycles. The fourth-order valence-electron chi connectivity index (χ4n) is 2.86. The van der Waals surface area contributed by atoms with Crippen LogP contribution in [0.5, 0.6) is 5.75 Å². The lowest BCUT2D eigenvalue weighted by atomic mass is 10.1. The van der Waals surface area contributed by atoms with Crippen molar-refractivity contribution in [2.45, 2.75) is 12.8 Å². The Labute approximate surface area is 176 Å². The highest BCUT2D eigenvalue weighted by Gasteiger charge is 2.08. The molecule has 0 aliphatic carbocycles. The maximum Gasteiger partial charge on any atom is 0.246 e. The van der Waals surface area contributed by atoms with Crippen molar-refractivity contribution in [2.75, 3.05) is 20.2 Å². The number of aromatic nitrogens is 1. The quantitative estimate of drug-likeness (QED) is 0.498. The molecule has 0 spiro atoms. The number of amides is 1. The van der Waals surface area contributed by atoms with E-state index in [0.717, 1.165) is 29.0 Å². The van der Waals surface area contributed by atoms with E-state index in [2.05, 4.69) is 5.16 Å². The van der Waals surface area contributed by atoms with Gasteiger partial charge in [-0.3, -0.25) is 4.79 Å². The normalized spacial score (nSPS) is 10.7. The predicted molar refractivity (Wildman–Crippen MR) is 114 cm³/mol. The lowest BCUT2D eigenvalue weighted by Crippen LogP contribution is -2.26. The summed E-state index contributed by atoms with van der Waals surface area (Å²) in [5, 5.41) is 12.6. The molecule has 3 aromatic rings. The highest BCUT2D eigenvalue weighted by Crippen LogP contribution is 2.19. The second-order valence-corrected chi connectivity index (χ2v) is 6.76. The van der Waals surface area contributed by atoms with Gasteiger partial charge in [-0.1, -0.05) is 47.6 Å². The lowest BCUT2D eigenvalue weighted by Gasteiger charge is -2.14. The van der Waals surface area contributed by atoms with Gasteiger partial charge in [-0.15, -0.1) is 0 Å². The van der Waals surface area contributed by atoms with Crippen molar-refractivity contribution in [3.63, 3.8) is 0 Å². The van der Waals surface area contributed by atoms with Crippen molar-refractivity contribution in [1.82, 2.24) is 10.1 Å². The van der Waals surface area contributed by atoms with Crippen LogP contribution in [-0.4, -0.2) is 36.2 Å². The zero-order valence-corrected chi connectivity index (χ0v) is 16.8. The summed E-state index contributed by atoms with van der Waals surface area (Å²) in [6, 6.07) is 21.0. The van der Waals surface area contributed by atoms with Crippen LogP contribution in [0.2, 0.25) is 0 Å². The monoisotopic (exact) mass is 401 g/mol. The highest BCUT2D eigenvalue weighted by molar-refractivity contribution is 5.91. The molecule has 3 rings (SSSR count). The maximum absolute atomic E-state index is 12.3. The van der Waals surface area contributed by atoms with Crippen LogP contribution in [0.1, 0.15) is 17.7 Å². The number of nitrogens with zero attached hydrogens (tertiary/aromatic N) is 3. The van der Waals surface area contributed by atoms with Crippen LogP contribution in [0, 0.1) is 11.3 Å². The van der Waals surface area contributed by atoms with Crippen LogP contribution in [0.4, 0.5) is 0 Å². The van der Waals surface area contributed by atoms with E-state index in [9.17, 15) is 4.79 Å². The predicted octanol–water partition coefficient (Wildman–Crippen LogP) is 4.35. The zero-order chi connectivity index (χ0) is 21.2. The molecule has 1 aromatic heterocycles. The zero-order valence-electron chi connectivity index (χ0n) is 16.8. The fraction of sp³-hybridized carbons (Fsp3) is 0.208. The maximum atomic E-state index is 12.3. The van der Waals surface area contributed by atoms with Gasteiger partial charge in [0, 0.05) is 37.7 Å². The first-order valence-corrected chi connectivity index (χ1v) is 9.70. The Balaban J connectivity index is 1.44. The SMILES string of the molecule is CN(CCCc1cc(-c2ccccc2)no1)C(=O)/C=C/c1ccc(OCC#N)cc1. The van der Waals surface area contributed by atoms with Gasteiger partial charge < -0.3 is 14.2 Å². The number of carbonyl (C=O) groups is 1. The van der Waals surface area contributed by atoms with Gasteiger partial charge in [-0.05, 0) is 30.2 Å². The molecule has 6 heteroatoms. The van der Waals surface area contributed by atoms with Crippen molar-refractivity contribution in [3.8, 4) is 23.1 Å². The third kappa shape index (κ3) is 6.08. The Bertz CT molecular complexity index is 1020. The molecule has 0 saturated heterocycles. The average Bonchev–Trinajstić information content (AvgIpc) is 3.26. The molecule has 6 nitrogen and oxygen atoms in total. The lowest BCUT2D eigenvalue weighted by molar-refractivity contribution is -0.124. The van der Waals surface area contributed by atoms with Crippen molar-refractivity contribution >= 4 is 12.0 Å². The largest absolute Gasteiger partial charge is 0.479 e. The Kier molecular flexibility index (Phi) is 7.39. The van der Waals surface area contributed by atoms with Gasteiger partial charge in [0.2, 0.25) is 5.91 Å². The minimum absolute atomic E-state index is 0.0140.